The first-order valence-corrected chi connectivity index (χ1v) is 20.5. The van der Waals surface area contributed by atoms with Crippen molar-refractivity contribution in [2.75, 3.05) is 4.90 Å². The molecule has 0 aliphatic carbocycles. The van der Waals surface area contributed by atoms with Gasteiger partial charge < -0.3 is 0 Å². The Bertz CT molecular complexity index is 3180. The minimum Gasteiger partial charge on any atom is -0.0602 e. The second-order valence-electron chi connectivity index (χ2n) is 14.2. The van der Waals surface area contributed by atoms with E-state index in [1.54, 1.807) is 0 Å². The Hall–Kier alpha value is -6.64. The molecule has 0 radical (unpaired) electrons. The summed E-state index contributed by atoms with van der Waals surface area (Å²) in [5.74, 6) is 0. The summed E-state index contributed by atoms with van der Waals surface area (Å²) in [5, 5.41) is 7.80. The number of rotatable bonds is 6. The van der Waals surface area contributed by atoms with Gasteiger partial charge in [-0.05, 0) is 18.2 Å². The van der Waals surface area contributed by atoms with Gasteiger partial charge in [0.05, 0.1) is 5.52 Å². The predicted molar refractivity (Wildman–Crippen MR) is 236 cm³/mol. The SMILES string of the molecule is c1ccc(-n2c3ccccc3c3ccc(-c4ccc(N(c5ccc(-c6cccc7ccccc67)cc5)c5ccc6c(c5)[se]c5ccccc56)cc4)cc32)cc1. The van der Waals surface area contributed by atoms with Crippen LogP contribution in [0.4, 0.5) is 17.1 Å². The van der Waals surface area contributed by atoms with E-state index in [0.717, 1.165) is 11.4 Å². The van der Waals surface area contributed by atoms with Crippen LogP contribution in [0, 0.1) is 0 Å². The van der Waals surface area contributed by atoms with Crippen molar-refractivity contribution in [1.82, 2.24) is 4.57 Å². The number of aromatic nitrogens is 1. The summed E-state index contributed by atoms with van der Waals surface area (Å²) in [7, 11) is 0. The number of fused-ring (bicyclic) bond motifs is 7. The summed E-state index contributed by atoms with van der Waals surface area (Å²) >= 11 is 0.274. The van der Waals surface area contributed by atoms with Crippen LogP contribution in [0.2, 0.25) is 0 Å². The van der Waals surface area contributed by atoms with Crippen LogP contribution in [-0.2, 0) is 0 Å². The largest absolute Gasteiger partial charge is 0.0602 e. The molecule has 11 rings (SSSR count). The molecule has 0 spiro atoms. The smallest absolute Gasteiger partial charge is 0.0380 e. The summed E-state index contributed by atoms with van der Waals surface area (Å²) in [6.07, 6.45) is 0. The molecule has 3 heteroatoms. The summed E-state index contributed by atoms with van der Waals surface area (Å²) in [6.45, 7) is 0. The Morgan fingerprint density at radius 2 is 0.927 bits per heavy atom. The minimum absolute atomic E-state index is 0.274. The van der Waals surface area contributed by atoms with Crippen LogP contribution in [-0.4, -0.2) is 19.1 Å². The third kappa shape index (κ3) is 5.40. The van der Waals surface area contributed by atoms with E-state index >= 15 is 0 Å². The molecule has 0 saturated carbocycles. The van der Waals surface area contributed by atoms with Crippen molar-refractivity contribution in [2.45, 2.75) is 0 Å². The van der Waals surface area contributed by atoms with Crippen LogP contribution >= 0.6 is 0 Å². The van der Waals surface area contributed by atoms with Crippen LogP contribution in [0.1, 0.15) is 0 Å². The number of hydrogen-bond acceptors (Lipinski definition) is 1. The van der Waals surface area contributed by atoms with Gasteiger partial charge >= 0.3 is 250 Å². The molecule has 2 nitrogen and oxygen atoms in total. The summed E-state index contributed by atoms with van der Waals surface area (Å²) in [5.41, 5.74) is 11.9. The molecule has 0 amide bonds. The molecule has 55 heavy (non-hydrogen) atoms. The average molecular weight is 766 g/mol. The second-order valence-corrected chi connectivity index (χ2v) is 16.4. The van der Waals surface area contributed by atoms with Crippen LogP contribution in [0.3, 0.4) is 0 Å². The fraction of sp³-hybridized carbons (Fsp3) is 0. The standard InChI is InChI=1S/C52H34N2Se/c1-2-13-39(14-3-1)54-49-19-8-6-16-45(49)46-31-25-38(33-50(46)54)35-21-26-40(27-22-35)53(42-30-32-48-47-17-7-9-20-51(47)55-52(48)34-42)41-28-23-37(24-29-41)44-18-10-12-36-11-4-5-15-43(36)44/h1-34H. The Morgan fingerprint density at radius 1 is 0.345 bits per heavy atom. The van der Waals surface area contributed by atoms with Gasteiger partial charge in [-0.1, -0.05) is 42.5 Å². The molecule has 0 aliphatic heterocycles. The van der Waals surface area contributed by atoms with E-state index in [2.05, 4.69) is 216 Å². The van der Waals surface area contributed by atoms with Gasteiger partial charge in [0.25, 0.3) is 0 Å². The number of benzene rings is 9. The van der Waals surface area contributed by atoms with Crippen LogP contribution in [0.5, 0.6) is 0 Å². The number of nitrogens with zero attached hydrogens (tertiary/aromatic N) is 2. The van der Waals surface area contributed by atoms with Gasteiger partial charge in [0, 0.05) is 11.1 Å². The van der Waals surface area contributed by atoms with Crippen molar-refractivity contribution in [3.8, 4) is 27.9 Å². The third-order valence-corrected chi connectivity index (χ3v) is 13.4. The number of para-hydroxylation sites is 2. The van der Waals surface area contributed by atoms with Crippen molar-refractivity contribution < 1.29 is 0 Å². The van der Waals surface area contributed by atoms with E-state index in [1.165, 1.54) is 85.5 Å². The molecular weight excluding hydrogens is 732 g/mol. The second kappa shape index (κ2) is 13.0. The molecule has 0 unspecified atom stereocenters. The van der Waals surface area contributed by atoms with Gasteiger partial charge in [0.1, 0.15) is 0 Å². The molecule has 0 atom stereocenters. The van der Waals surface area contributed by atoms with Crippen molar-refractivity contribution in [2.24, 2.45) is 0 Å². The summed E-state index contributed by atoms with van der Waals surface area (Å²) in [6, 6.07) is 75.6. The molecular formula is C52H34N2Se. The van der Waals surface area contributed by atoms with Crippen molar-refractivity contribution in [3.05, 3.63) is 206 Å². The van der Waals surface area contributed by atoms with Gasteiger partial charge in [0.2, 0.25) is 0 Å². The summed E-state index contributed by atoms with van der Waals surface area (Å²) < 4.78 is 5.28. The Morgan fingerprint density at radius 3 is 1.75 bits per heavy atom. The van der Waals surface area contributed by atoms with Crippen molar-refractivity contribution in [1.29, 1.82) is 0 Å². The van der Waals surface area contributed by atoms with E-state index in [9.17, 15) is 0 Å². The molecule has 0 fully saturated rings. The van der Waals surface area contributed by atoms with Gasteiger partial charge in [-0.25, -0.2) is 0 Å². The maximum atomic E-state index is 2.41. The first-order valence-electron chi connectivity index (χ1n) is 18.8. The first kappa shape index (κ1) is 31.8. The molecule has 2 heterocycles. The predicted octanol–water partition coefficient (Wildman–Crippen LogP) is 14.1. The number of hydrogen-bond donors (Lipinski definition) is 0. The molecule has 0 N–H and O–H groups in total. The molecule has 0 bridgehead atoms. The van der Waals surface area contributed by atoms with E-state index in [0.29, 0.717) is 0 Å². The molecule has 11 aromatic rings. The van der Waals surface area contributed by atoms with Crippen LogP contribution < -0.4 is 4.90 Å². The van der Waals surface area contributed by atoms with E-state index in [1.807, 2.05) is 0 Å². The average Bonchev–Trinajstić information content (AvgIpc) is 3.79. The Labute approximate surface area is 325 Å². The molecule has 9 aromatic carbocycles. The van der Waals surface area contributed by atoms with Gasteiger partial charge in [-0.3, -0.25) is 0 Å². The molecule has 0 saturated heterocycles. The maximum Gasteiger partial charge on any atom is -0.0380 e. The topological polar surface area (TPSA) is 8.17 Å². The normalized spacial score (nSPS) is 11.6. The maximum absolute atomic E-state index is 2.41. The van der Waals surface area contributed by atoms with E-state index in [-0.39, 0.29) is 14.5 Å². The molecule has 0 aliphatic rings. The van der Waals surface area contributed by atoms with Crippen LogP contribution in [0.25, 0.3) is 79.8 Å². The van der Waals surface area contributed by atoms with Gasteiger partial charge in [-0.15, -0.1) is 0 Å². The van der Waals surface area contributed by atoms with Gasteiger partial charge in [0.15, 0.2) is 0 Å². The third-order valence-electron chi connectivity index (χ3n) is 11.0. The Kier molecular flexibility index (Phi) is 7.55. The van der Waals surface area contributed by atoms with Crippen molar-refractivity contribution >= 4 is 83.4 Å². The zero-order valence-electron chi connectivity index (χ0n) is 29.9. The zero-order valence-corrected chi connectivity index (χ0v) is 31.6. The van der Waals surface area contributed by atoms with Crippen molar-refractivity contribution in [3.63, 3.8) is 0 Å². The summed E-state index contributed by atoms with van der Waals surface area (Å²) in [4.78, 5) is 2.41. The van der Waals surface area contributed by atoms with Gasteiger partial charge in [-0.2, -0.15) is 0 Å². The zero-order chi connectivity index (χ0) is 36.3. The quantitative estimate of drug-likeness (QED) is 0.153. The minimum atomic E-state index is 0.274. The molecule has 258 valence electrons. The first-order chi connectivity index (χ1) is 27.3. The fourth-order valence-corrected chi connectivity index (χ4v) is 10.8. The van der Waals surface area contributed by atoms with E-state index in [4.69, 9.17) is 0 Å². The number of anilines is 3. The van der Waals surface area contributed by atoms with Crippen LogP contribution in [0.15, 0.2) is 206 Å². The van der Waals surface area contributed by atoms with E-state index < -0.39 is 0 Å². The fourth-order valence-electron chi connectivity index (χ4n) is 8.38. The molecule has 2 aromatic heterocycles. The Balaban J connectivity index is 1.02. The monoisotopic (exact) mass is 766 g/mol.